The molecular formula is C16H24BrNO2. The van der Waals surface area contributed by atoms with Gasteiger partial charge in [0.1, 0.15) is 5.75 Å². The lowest BCUT2D eigenvalue weighted by atomic mass is 10.0. The van der Waals surface area contributed by atoms with E-state index in [0.717, 1.165) is 29.8 Å². The summed E-state index contributed by atoms with van der Waals surface area (Å²) in [5, 5.41) is 3.66. The average molecular weight is 342 g/mol. The van der Waals surface area contributed by atoms with E-state index >= 15 is 0 Å². The molecule has 0 bridgehead atoms. The summed E-state index contributed by atoms with van der Waals surface area (Å²) < 4.78 is 11.5. The molecule has 1 fully saturated rings. The highest BCUT2D eigenvalue weighted by Crippen LogP contribution is 2.48. The molecule has 0 spiro atoms. The minimum Gasteiger partial charge on any atom is -0.496 e. The summed E-state index contributed by atoms with van der Waals surface area (Å²) in [5.41, 5.74) is 1.76. The average Bonchev–Trinajstić information content (AvgIpc) is 3.23. The summed E-state index contributed by atoms with van der Waals surface area (Å²) >= 11 is 3.54. The van der Waals surface area contributed by atoms with Crippen molar-refractivity contribution < 1.29 is 9.47 Å². The van der Waals surface area contributed by atoms with Gasteiger partial charge in [0, 0.05) is 26.3 Å². The predicted molar refractivity (Wildman–Crippen MR) is 85.3 cm³/mol. The number of hydrogen-bond acceptors (Lipinski definition) is 3. The van der Waals surface area contributed by atoms with Crippen LogP contribution in [0.15, 0.2) is 22.7 Å². The fourth-order valence-electron chi connectivity index (χ4n) is 2.45. The number of rotatable bonds is 8. The largest absolute Gasteiger partial charge is 0.496 e. The topological polar surface area (TPSA) is 30.5 Å². The standard InChI is InChI=1S/C16H24BrNO2/c1-12(13-4-5-15(20-3)14(17)10-13)18-11-16(6-7-16)8-9-19-2/h4-5,10,12,18H,6-9,11H2,1-3H3. The minimum atomic E-state index is 0.345. The molecule has 1 aromatic carbocycles. The van der Waals surface area contributed by atoms with Crippen LogP contribution in [-0.4, -0.2) is 27.4 Å². The first-order chi connectivity index (χ1) is 9.60. The van der Waals surface area contributed by atoms with Gasteiger partial charge in [-0.1, -0.05) is 6.07 Å². The zero-order chi connectivity index (χ0) is 14.6. The minimum absolute atomic E-state index is 0.345. The SMILES string of the molecule is COCCC1(CNC(C)c2ccc(OC)c(Br)c2)CC1. The van der Waals surface area contributed by atoms with E-state index in [-0.39, 0.29) is 0 Å². The summed E-state index contributed by atoms with van der Waals surface area (Å²) in [6.45, 7) is 4.14. The van der Waals surface area contributed by atoms with Crippen LogP contribution >= 0.6 is 15.9 Å². The molecule has 0 amide bonds. The van der Waals surface area contributed by atoms with E-state index < -0.39 is 0 Å². The second-order valence-corrected chi connectivity index (χ2v) is 6.59. The van der Waals surface area contributed by atoms with E-state index in [0.29, 0.717) is 11.5 Å². The highest BCUT2D eigenvalue weighted by molar-refractivity contribution is 9.10. The summed E-state index contributed by atoms with van der Waals surface area (Å²) in [6, 6.07) is 6.61. The Morgan fingerprint density at radius 2 is 2.10 bits per heavy atom. The predicted octanol–water partition coefficient (Wildman–Crippen LogP) is 3.93. The van der Waals surface area contributed by atoms with Crippen molar-refractivity contribution in [3.05, 3.63) is 28.2 Å². The lowest BCUT2D eigenvalue weighted by Gasteiger charge is -2.20. The second kappa shape index (κ2) is 6.92. The van der Waals surface area contributed by atoms with Crippen LogP contribution in [0.5, 0.6) is 5.75 Å². The normalized spacial score (nSPS) is 17.8. The molecule has 0 radical (unpaired) electrons. The van der Waals surface area contributed by atoms with Gasteiger partial charge in [-0.3, -0.25) is 0 Å². The zero-order valence-electron chi connectivity index (χ0n) is 12.5. The van der Waals surface area contributed by atoms with Gasteiger partial charge in [-0.15, -0.1) is 0 Å². The van der Waals surface area contributed by atoms with Crippen LogP contribution in [0, 0.1) is 5.41 Å². The van der Waals surface area contributed by atoms with Crippen molar-refractivity contribution in [3.8, 4) is 5.75 Å². The fraction of sp³-hybridized carbons (Fsp3) is 0.625. The molecule has 0 heterocycles. The molecule has 0 aliphatic heterocycles. The van der Waals surface area contributed by atoms with Crippen LogP contribution in [0.25, 0.3) is 0 Å². The van der Waals surface area contributed by atoms with E-state index in [1.807, 2.05) is 6.07 Å². The molecule has 0 aromatic heterocycles. The van der Waals surface area contributed by atoms with Crippen LogP contribution in [0.3, 0.4) is 0 Å². The summed E-state index contributed by atoms with van der Waals surface area (Å²) in [5.74, 6) is 0.875. The Labute approximate surface area is 130 Å². The lowest BCUT2D eigenvalue weighted by molar-refractivity contribution is 0.170. The van der Waals surface area contributed by atoms with Gasteiger partial charge in [0.15, 0.2) is 0 Å². The lowest BCUT2D eigenvalue weighted by Crippen LogP contribution is -2.27. The van der Waals surface area contributed by atoms with E-state index in [4.69, 9.17) is 9.47 Å². The maximum atomic E-state index is 5.27. The van der Waals surface area contributed by atoms with E-state index in [1.165, 1.54) is 18.4 Å². The third-order valence-corrected chi connectivity index (χ3v) is 4.87. The summed E-state index contributed by atoms with van der Waals surface area (Å²) in [7, 11) is 3.47. The van der Waals surface area contributed by atoms with Crippen LogP contribution in [0.1, 0.15) is 37.8 Å². The number of halogens is 1. The molecule has 1 aliphatic carbocycles. The summed E-state index contributed by atoms with van der Waals surface area (Å²) in [4.78, 5) is 0. The molecule has 1 aliphatic rings. The van der Waals surface area contributed by atoms with Crippen molar-refractivity contribution >= 4 is 15.9 Å². The number of benzene rings is 1. The molecule has 1 N–H and O–H groups in total. The van der Waals surface area contributed by atoms with Gasteiger partial charge in [0.05, 0.1) is 11.6 Å². The Morgan fingerprint density at radius 3 is 2.65 bits per heavy atom. The Bertz CT molecular complexity index is 446. The quantitative estimate of drug-likeness (QED) is 0.777. The van der Waals surface area contributed by atoms with Gasteiger partial charge in [-0.05, 0) is 65.2 Å². The molecule has 20 heavy (non-hydrogen) atoms. The second-order valence-electron chi connectivity index (χ2n) is 5.74. The van der Waals surface area contributed by atoms with Crippen molar-refractivity contribution in [2.24, 2.45) is 5.41 Å². The first-order valence-electron chi connectivity index (χ1n) is 7.16. The fourth-order valence-corrected chi connectivity index (χ4v) is 3.01. The van der Waals surface area contributed by atoms with Gasteiger partial charge in [-0.25, -0.2) is 0 Å². The van der Waals surface area contributed by atoms with Crippen LogP contribution in [-0.2, 0) is 4.74 Å². The van der Waals surface area contributed by atoms with Crippen LogP contribution in [0.4, 0.5) is 0 Å². The van der Waals surface area contributed by atoms with Gasteiger partial charge in [0.25, 0.3) is 0 Å². The molecule has 112 valence electrons. The van der Waals surface area contributed by atoms with Crippen LogP contribution in [0.2, 0.25) is 0 Å². The molecule has 4 heteroatoms. The van der Waals surface area contributed by atoms with Crippen molar-refractivity contribution in [1.82, 2.24) is 5.32 Å². The molecule has 3 nitrogen and oxygen atoms in total. The van der Waals surface area contributed by atoms with Crippen molar-refractivity contribution in [2.75, 3.05) is 27.4 Å². The molecule has 1 unspecified atom stereocenters. The van der Waals surface area contributed by atoms with Crippen LogP contribution < -0.4 is 10.1 Å². The third-order valence-electron chi connectivity index (χ3n) is 4.25. The first-order valence-corrected chi connectivity index (χ1v) is 7.95. The smallest absolute Gasteiger partial charge is 0.133 e. The monoisotopic (exact) mass is 341 g/mol. The summed E-state index contributed by atoms with van der Waals surface area (Å²) in [6.07, 6.45) is 3.81. The highest BCUT2D eigenvalue weighted by Gasteiger charge is 2.41. The van der Waals surface area contributed by atoms with Crippen molar-refractivity contribution in [2.45, 2.75) is 32.2 Å². The Kier molecular flexibility index (Phi) is 5.47. The van der Waals surface area contributed by atoms with Gasteiger partial charge >= 0.3 is 0 Å². The van der Waals surface area contributed by atoms with Crippen molar-refractivity contribution in [1.29, 1.82) is 0 Å². The Balaban J connectivity index is 1.88. The number of ether oxygens (including phenoxy) is 2. The molecule has 1 aromatic rings. The van der Waals surface area contributed by atoms with Gasteiger partial charge in [-0.2, -0.15) is 0 Å². The van der Waals surface area contributed by atoms with Gasteiger partial charge in [0.2, 0.25) is 0 Å². The number of methoxy groups -OCH3 is 2. The first kappa shape index (κ1) is 15.8. The Morgan fingerprint density at radius 1 is 1.35 bits per heavy atom. The zero-order valence-corrected chi connectivity index (χ0v) is 14.1. The van der Waals surface area contributed by atoms with E-state index in [2.05, 4.69) is 40.3 Å². The molecule has 2 rings (SSSR count). The number of hydrogen-bond donors (Lipinski definition) is 1. The number of nitrogens with one attached hydrogen (secondary N) is 1. The molecule has 0 saturated heterocycles. The third kappa shape index (κ3) is 3.96. The highest BCUT2D eigenvalue weighted by atomic mass is 79.9. The molecular weight excluding hydrogens is 318 g/mol. The van der Waals surface area contributed by atoms with E-state index in [1.54, 1.807) is 14.2 Å². The Hall–Kier alpha value is -0.580. The maximum absolute atomic E-state index is 5.27. The maximum Gasteiger partial charge on any atom is 0.133 e. The van der Waals surface area contributed by atoms with Gasteiger partial charge < -0.3 is 14.8 Å². The molecule has 1 saturated carbocycles. The van der Waals surface area contributed by atoms with Crippen molar-refractivity contribution in [3.63, 3.8) is 0 Å². The van der Waals surface area contributed by atoms with E-state index in [9.17, 15) is 0 Å². The molecule has 1 atom stereocenters.